The molecule has 2 rings (SSSR count). The third-order valence-corrected chi connectivity index (χ3v) is 5.47. The molecule has 1 aliphatic rings. The predicted octanol–water partition coefficient (Wildman–Crippen LogP) is 3.12. The standard InChI is InChI=1S/C12H17ClN2O2S/c1-9-7-8-14-12(13)11(9)15-18(16,17)10-5-3-2-4-6-10/h7-8,10,15H,2-6H2,1H3. The molecule has 0 bridgehead atoms. The van der Waals surface area contributed by atoms with Crippen LogP contribution in [0.25, 0.3) is 0 Å². The average molecular weight is 289 g/mol. The van der Waals surface area contributed by atoms with Gasteiger partial charge < -0.3 is 0 Å². The summed E-state index contributed by atoms with van der Waals surface area (Å²) in [5.41, 5.74) is 1.19. The zero-order chi connectivity index (χ0) is 13.2. The van der Waals surface area contributed by atoms with Gasteiger partial charge in [0, 0.05) is 6.20 Å². The Morgan fingerprint density at radius 3 is 2.61 bits per heavy atom. The normalized spacial score (nSPS) is 17.7. The Balaban J connectivity index is 2.22. The summed E-state index contributed by atoms with van der Waals surface area (Å²) < 4.78 is 27.1. The molecular weight excluding hydrogens is 272 g/mol. The van der Waals surface area contributed by atoms with Crippen LogP contribution in [0.5, 0.6) is 0 Å². The maximum atomic E-state index is 12.3. The van der Waals surface area contributed by atoms with E-state index in [2.05, 4.69) is 9.71 Å². The molecule has 0 aromatic carbocycles. The average Bonchev–Trinajstić information content (AvgIpc) is 2.35. The molecule has 1 aromatic heterocycles. The van der Waals surface area contributed by atoms with E-state index in [9.17, 15) is 8.42 Å². The van der Waals surface area contributed by atoms with Crippen LogP contribution >= 0.6 is 11.6 Å². The van der Waals surface area contributed by atoms with Crippen molar-refractivity contribution in [1.82, 2.24) is 4.98 Å². The lowest BCUT2D eigenvalue weighted by atomic mass is 10.0. The van der Waals surface area contributed by atoms with E-state index >= 15 is 0 Å². The molecule has 1 aromatic rings. The van der Waals surface area contributed by atoms with Crippen LogP contribution in [0, 0.1) is 6.92 Å². The van der Waals surface area contributed by atoms with Crippen molar-refractivity contribution >= 4 is 27.3 Å². The van der Waals surface area contributed by atoms with Crippen LogP contribution in [0.2, 0.25) is 5.15 Å². The van der Waals surface area contributed by atoms with E-state index in [1.807, 2.05) is 6.92 Å². The topological polar surface area (TPSA) is 59.1 Å². The second-order valence-electron chi connectivity index (χ2n) is 4.70. The predicted molar refractivity (Wildman–Crippen MR) is 73.4 cm³/mol. The van der Waals surface area contributed by atoms with Crippen LogP contribution in [-0.2, 0) is 10.0 Å². The van der Waals surface area contributed by atoms with Gasteiger partial charge in [-0.3, -0.25) is 4.72 Å². The second-order valence-corrected chi connectivity index (χ2v) is 7.02. The number of aromatic nitrogens is 1. The highest BCUT2D eigenvalue weighted by Gasteiger charge is 2.28. The van der Waals surface area contributed by atoms with E-state index in [1.54, 1.807) is 12.3 Å². The van der Waals surface area contributed by atoms with E-state index in [-0.39, 0.29) is 10.4 Å². The lowest BCUT2D eigenvalue weighted by molar-refractivity contribution is 0.486. The molecule has 18 heavy (non-hydrogen) atoms. The van der Waals surface area contributed by atoms with E-state index in [0.717, 1.165) is 37.7 Å². The number of nitrogens with one attached hydrogen (secondary N) is 1. The van der Waals surface area contributed by atoms with E-state index in [1.165, 1.54) is 0 Å². The number of nitrogens with zero attached hydrogens (tertiary/aromatic N) is 1. The number of rotatable bonds is 3. The molecule has 1 heterocycles. The zero-order valence-electron chi connectivity index (χ0n) is 10.3. The number of hydrogen-bond donors (Lipinski definition) is 1. The number of pyridine rings is 1. The van der Waals surface area contributed by atoms with Gasteiger partial charge in [-0.2, -0.15) is 0 Å². The van der Waals surface area contributed by atoms with Crippen LogP contribution < -0.4 is 4.72 Å². The van der Waals surface area contributed by atoms with Crippen molar-refractivity contribution in [2.45, 2.75) is 44.3 Å². The van der Waals surface area contributed by atoms with Gasteiger partial charge in [-0.1, -0.05) is 30.9 Å². The first-order valence-electron chi connectivity index (χ1n) is 6.13. The van der Waals surface area contributed by atoms with Gasteiger partial charge in [0.1, 0.15) is 0 Å². The van der Waals surface area contributed by atoms with Gasteiger partial charge in [0.2, 0.25) is 10.0 Å². The highest BCUT2D eigenvalue weighted by molar-refractivity contribution is 7.93. The number of aryl methyl sites for hydroxylation is 1. The quantitative estimate of drug-likeness (QED) is 0.870. The Kier molecular flexibility index (Phi) is 4.12. The van der Waals surface area contributed by atoms with Crippen molar-refractivity contribution in [3.05, 3.63) is 23.0 Å². The maximum absolute atomic E-state index is 12.3. The van der Waals surface area contributed by atoms with Crippen LogP contribution in [0.15, 0.2) is 12.3 Å². The van der Waals surface area contributed by atoms with Crippen molar-refractivity contribution in [1.29, 1.82) is 0 Å². The van der Waals surface area contributed by atoms with Gasteiger partial charge in [-0.25, -0.2) is 13.4 Å². The van der Waals surface area contributed by atoms with Crippen LogP contribution in [-0.4, -0.2) is 18.7 Å². The van der Waals surface area contributed by atoms with Gasteiger partial charge in [-0.05, 0) is 31.4 Å². The van der Waals surface area contributed by atoms with Gasteiger partial charge in [0.05, 0.1) is 10.9 Å². The van der Waals surface area contributed by atoms with E-state index in [4.69, 9.17) is 11.6 Å². The minimum atomic E-state index is -3.36. The molecule has 0 spiro atoms. The van der Waals surface area contributed by atoms with Crippen LogP contribution in [0.3, 0.4) is 0 Å². The number of hydrogen-bond acceptors (Lipinski definition) is 3. The van der Waals surface area contributed by atoms with Gasteiger partial charge in [0.25, 0.3) is 0 Å². The Labute approximate surface area is 113 Å². The molecule has 1 saturated carbocycles. The Hall–Kier alpha value is -0.810. The van der Waals surface area contributed by atoms with Crippen molar-refractivity contribution in [3.8, 4) is 0 Å². The third kappa shape index (κ3) is 2.95. The van der Waals surface area contributed by atoms with Gasteiger partial charge in [-0.15, -0.1) is 0 Å². The maximum Gasteiger partial charge on any atom is 0.235 e. The summed E-state index contributed by atoms with van der Waals surface area (Å²) >= 11 is 5.94. The molecule has 0 atom stereocenters. The Bertz CT molecular complexity index is 505. The van der Waals surface area contributed by atoms with Crippen molar-refractivity contribution in [2.75, 3.05) is 4.72 Å². The molecule has 1 fully saturated rings. The third-order valence-electron chi connectivity index (χ3n) is 3.35. The van der Waals surface area contributed by atoms with Gasteiger partial charge in [0.15, 0.2) is 5.15 Å². The summed E-state index contributed by atoms with van der Waals surface area (Å²) in [7, 11) is -3.36. The number of halogens is 1. The fourth-order valence-corrected chi connectivity index (χ4v) is 4.22. The number of sulfonamides is 1. The number of anilines is 1. The van der Waals surface area contributed by atoms with Crippen LogP contribution in [0.4, 0.5) is 5.69 Å². The van der Waals surface area contributed by atoms with Crippen LogP contribution in [0.1, 0.15) is 37.7 Å². The summed E-state index contributed by atoms with van der Waals surface area (Å²) in [5.74, 6) is 0. The first-order valence-corrected chi connectivity index (χ1v) is 8.06. The highest BCUT2D eigenvalue weighted by Crippen LogP contribution is 2.29. The molecule has 0 amide bonds. The molecule has 100 valence electrons. The molecule has 0 unspecified atom stereocenters. The molecule has 6 heteroatoms. The lowest BCUT2D eigenvalue weighted by Gasteiger charge is -2.23. The molecular formula is C12H17ClN2O2S. The monoisotopic (exact) mass is 288 g/mol. The van der Waals surface area contributed by atoms with E-state index in [0.29, 0.717) is 5.69 Å². The Morgan fingerprint density at radius 1 is 1.33 bits per heavy atom. The lowest BCUT2D eigenvalue weighted by Crippen LogP contribution is -2.30. The molecule has 0 radical (unpaired) electrons. The smallest absolute Gasteiger partial charge is 0.235 e. The first-order chi connectivity index (χ1) is 8.50. The summed E-state index contributed by atoms with van der Waals surface area (Å²) in [6, 6.07) is 1.74. The van der Waals surface area contributed by atoms with Crippen molar-refractivity contribution in [2.24, 2.45) is 0 Å². The zero-order valence-corrected chi connectivity index (χ0v) is 11.9. The van der Waals surface area contributed by atoms with Gasteiger partial charge >= 0.3 is 0 Å². The summed E-state index contributed by atoms with van der Waals surface area (Å²) in [6.45, 7) is 1.81. The molecule has 1 N–H and O–H groups in total. The Morgan fingerprint density at radius 2 is 2.00 bits per heavy atom. The largest absolute Gasteiger partial charge is 0.280 e. The SMILES string of the molecule is Cc1ccnc(Cl)c1NS(=O)(=O)C1CCCCC1. The summed E-state index contributed by atoms with van der Waals surface area (Å²) in [4.78, 5) is 3.91. The molecule has 0 aliphatic heterocycles. The highest BCUT2D eigenvalue weighted by atomic mass is 35.5. The first kappa shape index (κ1) is 13.6. The summed E-state index contributed by atoms with van der Waals surface area (Å²) in [5, 5.41) is -0.101. The minimum absolute atomic E-state index is 0.203. The molecule has 0 saturated heterocycles. The van der Waals surface area contributed by atoms with Crippen molar-refractivity contribution < 1.29 is 8.42 Å². The fraction of sp³-hybridized carbons (Fsp3) is 0.583. The fourth-order valence-electron chi connectivity index (χ4n) is 2.25. The minimum Gasteiger partial charge on any atom is -0.280 e. The molecule has 1 aliphatic carbocycles. The van der Waals surface area contributed by atoms with E-state index < -0.39 is 10.0 Å². The molecule has 4 nitrogen and oxygen atoms in total. The van der Waals surface area contributed by atoms with Crippen molar-refractivity contribution in [3.63, 3.8) is 0 Å². The summed E-state index contributed by atoms with van der Waals surface area (Å²) in [6.07, 6.45) is 6.10. The second kappa shape index (κ2) is 5.45.